The summed E-state index contributed by atoms with van der Waals surface area (Å²) in [7, 11) is 0. The minimum absolute atomic E-state index is 0.519. The first-order chi connectivity index (χ1) is 12.7. The van der Waals surface area contributed by atoms with Crippen LogP contribution in [0.5, 0.6) is 0 Å². The van der Waals surface area contributed by atoms with Crippen LogP contribution >= 0.6 is 15.9 Å². The van der Waals surface area contributed by atoms with Crippen LogP contribution in [-0.4, -0.2) is 39.3 Å². The van der Waals surface area contributed by atoms with E-state index in [9.17, 15) is 0 Å². The van der Waals surface area contributed by atoms with Crippen molar-refractivity contribution in [1.29, 1.82) is 0 Å². The third kappa shape index (κ3) is 3.99. The SMILES string of the molecule is Cc1cc(N2CCC(NCc3ncc(-c4cccc(Br)c4)[nH]3)CC2)n[nH]1. The lowest BCUT2D eigenvalue weighted by Crippen LogP contribution is -2.42. The molecule has 6 nitrogen and oxygen atoms in total. The standard InChI is InChI=1S/C19H23BrN6/c1-13-9-19(25-24-13)26-7-5-16(6-8-26)21-12-18-22-11-17(23-18)14-3-2-4-15(20)10-14/h2-4,9-11,16,21H,5-8,12H2,1H3,(H,22,23)(H,24,25). The summed E-state index contributed by atoms with van der Waals surface area (Å²) in [6.45, 7) is 4.86. The summed E-state index contributed by atoms with van der Waals surface area (Å²) in [5.41, 5.74) is 3.30. The lowest BCUT2D eigenvalue weighted by Gasteiger charge is -2.32. The second-order valence-corrected chi connectivity index (χ2v) is 7.72. The van der Waals surface area contributed by atoms with E-state index in [1.165, 1.54) is 0 Å². The number of hydrogen-bond acceptors (Lipinski definition) is 4. The summed E-state index contributed by atoms with van der Waals surface area (Å²) in [6.07, 6.45) is 4.14. The molecule has 136 valence electrons. The van der Waals surface area contributed by atoms with Gasteiger partial charge < -0.3 is 15.2 Å². The van der Waals surface area contributed by atoms with Crippen molar-refractivity contribution in [2.24, 2.45) is 0 Å². The molecule has 3 aromatic rings. The Morgan fingerprint density at radius 2 is 2.12 bits per heavy atom. The number of aromatic amines is 2. The minimum atomic E-state index is 0.519. The Hall–Kier alpha value is -2.12. The van der Waals surface area contributed by atoms with Crippen LogP contribution in [0.15, 0.2) is 41.0 Å². The van der Waals surface area contributed by atoms with Crippen molar-refractivity contribution < 1.29 is 0 Å². The van der Waals surface area contributed by atoms with Gasteiger partial charge in [0, 0.05) is 40.9 Å². The summed E-state index contributed by atoms with van der Waals surface area (Å²) < 4.78 is 1.07. The second kappa shape index (κ2) is 7.63. The van der Waals surface area contributed by atoms with Gasteiger partial charge in [-0.05, 0) is 31.9 Å². The van der Waals surface area contributed by atoms with Gasteiger partial charge in [0.1, 0.15) is 5.82 Å². The van der Waals surface area contributed by atoms with Crippen molar-refractivity contribution in [3.05, 3.63) is 52.5 Å². The maximum atomic E-state index is 4.51. The maximum Gasteiger partial charge on any atom is 0.150 e. The van der Waals surface area contributed by atoms with E-state index in [4.69, 9.17) is 0 Å². The number of halogens is 1. The lowest BCUT2D eigenvalue weighted by molar-refractivity contribution is 0.409. The molecule has 7 heteroatoms. The Morgan fingerprint density at radius 3 is 2.85 bits per heavy atom. The number of nitrogens with one attached hydrogen (secondary N) is 3. The Balaban J connectivity index is 1.29. The number of anilines is 1. The lowest BCUT2D eigenvalue weighted by atomic mass is 10.1. The number of H-pyrrole nitrogens is 2. The summed E-state index contributed by atoms with van der Waals surface area (Å²) in [5.74, 6) is 2.04. The van der Waals surface area contributed by atoms with Gasteiger partial charge in [0.25, 0.3) is 0 Å². The molecule has 0 aliphatic carbocycles. The van der Waals surface area contributed by atoms with Crippen molar-refractivity contribution in [3.63, 3.8) is 0 Å². The van der Waals surface area contributed by atoms with E-state index in [1.807, 2.05) is 25.3 Å². The van der Waals surface area contributed by atoms with Crippen LogP contribution in [0.2, 0.25) is 0 Å². The van der Waals surface area contributed by atoms with E-state index in [-0.39, 0.29) is 0 Å². The molecule has 0 radical (unpaired) electrons. The van der Waals surface area contributed by atoms with Crippen LogP contribution in [0.3, 0.4) is 0 Å². The average molecular weight is 415 g/mol. The number of aromatic nitrogens is 4. The van der Waals surface area contributed by atoms with Crippen molar-refractivity contribution in [3.8, 4) is 11.3 Å². The third-order valence-corrected chi connectivity index (χ3v) is 5.33. The zero-order valence-corrected chi connectivity index (χ0v) is 16.4. The molecular weight excluding hydrogens is 392 g/mol. The van der Waals surface area contributed by atoms with E-state index in [0.717, 1.165) is 65.5 Å². The molecule has 1 fully saturated rings. The molecular formula is C19H23BrN6. The molecule has 1 aliphatic heterocycles. The van der Waals surface area contributed by atoms with Crippen LogP contribution in [0.25, 0.3) is 11.3 Å². The van der Waals surface area contributed by atoms with Gasteiger partial charge in [0.15, 0.2) is 5.82 Å². The highest BCUT2D eigenvalue weighted by Crippen LogP contribution is 2.22. The Morgan fingerprint density at radius 1 is 1.27 bits per heavy atom. The molecule has 0 unspecified atom stereocenters. The zero-order valence-electron chi connectivity index (χ0n) is 14.8. The van der Waals surface area contributed by atoms with Gasteiger partial charge in [-0.1, -0.05) is 28.1 Å². The fourth-order valence-electron chi connectivity index (χ4n) is 3.37. The molecule has 26 heavy (non-hydrogen) atoms. The Labute approximate surface area is 161 Å². The minimum Gasteiger partial charge on any atom is -0.355 e. The van der Waals surface area contributed by atoms with Gasteiger partial charge in [-0.3, -0.25) is 5.10 Å². The van der Waals surface area contributed by atoms with Crippen molar-refractivity contribution in [2.75, 3.05) is 18.0 Å². The van der Waals surface area contributed by atoms with Crippen LogP contribution in [0, 0.1) is 6.92 Å². The first-order valence-corrected chi connectivity index (χ1v) is 9.77. The number of rotatable bonds is 5. The van der Waals surface area contributed by atoms with Crippen LogP contribution in [-0.2, 0) is 6.54 Å². The number of nitrogens with zero attached hydrogens (tertiary/aromatic N) is 3. The first kappa shape index (κ1) is 17.3. The molecule has 0 spiro atoms. The van der Waals surface area contributed by atoms with E-state index in [0.29, 0.717) is 6.04 Å². The molecule has 1 aliphatic rings. The van der Waals surface area contributed by atoms with Gasteiger partial charge in [-0.15, -0.1) is 0 Å². The summed E-state index contributed by atoms with van der Waals surface area (Å²) in [4.78, 5) is 10.3. The highest BCUT2D eigenvalue weighted by atomic mass is 79.9. The van der Waals surface area contributed by atoms with Gasteiger partial charge in [0.2, 0.25) is 0 Å². The second-order valence-electron chi connectivity index (χ2n) is 6.81. The maximum absolute atomic E-state index is 4.51. The van der Waals surface area contributed by atoms with E-state index < -0.39 is 0 Å². The fourth-order valence-corrected chi connectivity index (χ4v) is 3.77. The summed E-state index contributed by atoms with van der Waals surface area (Å²) in [6, 6.07) is 10.9. The predicted octanol–water partition coefficient (Wildman–Crippen LogP) is 3.63. The highest BCUT2D eigenvalue weighted by Gasteiger charge is 2.20. The third-order valence-electron chi connectivity index (χ3n) is 4.83. The van der Waals surface area contributed by atoms with Crippen molar-refractivity contribution in [2.45, 2.75) is 32.4 Å². The Kier molecular flexibility index (Phi) is 5.08. The fraction of sp³-hybridized carbons (Fsp3) is 0.368. The van der Waals surface area contributed by atoms with Crippen LogP contribution in [0.4, 0.5) is 5.82 Å². The van der Waals surface area contributed by atoms with Gasteiger partial charge in [-0.25, -0.2) is 4.98 Å². The number of imidazole rings is 1. The van der Waals surface area contributed by atoms with Gasteiger partial charge in [0.05, 0.1) is 18.4 Å². The molecule has 0 bridgehead atoms. The number of hydrogen-bond donors (Lipinski definition) is 3. The molecule has 3 heterocycles. The van der Waals surface area contributed by atoms with Crippen LogP contribution < -0.4 is 10.2 Å². The number of benzene rings is 1. The first-order valence-electron chi connectivity index (χ1n) is 8.97. The normalized spacial score (nSPS) is 15.5. The molecule has 0 saturated carbocycles. The molecule has 2 aromatic heterocycles. The molecule has 1 saturated heterocycles. The predicted molar refractivity (Wildman–Crippen MR) is 107 cm³/mol. The highest BCUT2D eigenvalue weighted by molar-refractivity contribution is 9.10. The zero-order chi connectivity index (χ0) is 17.9. The summed E-state index contributed by atoms with van der Waals surface area (Å²) >= 11 is 3.51. The average Bonchev–Trinajstić information content (AvgIpc) is 3.30. The van der Waals surface area contributed by atoms with E-state index in [2.05, 4.69) is 64.5 Å². The molecule has 4 rings (SSSR count). The molecule has 0 atom stereocenters. The summed E-state index contributed by atoms with van der Waals surface area (Å²) in [5, 5.41) is 11.0. The molecule has 0 amide bonds. The number of aryl methyl sites for hydroxylation is 1. The topological polar surface area (TPSA) is 72.6 Å². The van der Waals surface area contributed by atoms with Crippen LogP contribution in [0.1, 0.15) is 24.4 Å². The van der Waals surface area contributed by atoms with Crippen molar-refractivity contribution in [1.82, 2.24) is 25.5 Å². The molecule has 3 N–H and O–H groups in total. The van der Waals surface area contributed by atoms with E-state index >= 15 is 0 Å². The largest absolute Gasteiger partial charge is 0.355 e. The Bertz CT molecular complexity index is 862. The van der Waals surface area contributed by atoms with Gasteiger partial charge >= 0.3 is 0 Å². The van der Waals surface area contributed by atoms with Crippen molar-refractivity contribution >= 4 is 21.7 Å². The monoisotopic (exact) mass is 414 g/mol. The number of piperidine rings is 1. The smallest absolute Gasteiger partial charge is 0.150 e. The van der Waals surface area contributed by atoms with Gasteiger partial charge in [-0.2, -0.15) is 5.10 Å². The quantitative estimate of drug-likeness (QED) is 0.595. The molecule has 1 aromatic carbocycles. The van der Waals surface area contributed by atoms with E-state index in [1.54, 1.807) is 0 Å².